The van der Waals surface area contributed by atoms with Gasteiger partial charge in [-0.25, -0.2) is 4.98 Å². The maximum absolute atomic E-state index is 12.7. The van der Waals surface area contributed by atoms with E-state index < -0.39 is 23.8 Å². The highest BCUT2D eigenvalue weighted by molar-refractivity contribution is 6.08. The molecule has 150 valence electrons. The van der Waals surface area contributed by atoms with E-state index >= 15 is 0 Å². The van der Waals surface area contributed by atoms with Crippen molar-refractivity contribution in [2.75, 3.05) is 6.61 Å². The van der Waals surface area contributed by atoms with Gasteiger partial charge in [-0.2, -0.15) is 0 Å². The lowest BCUT2D eigenvalue weighted by molar-refractivity contribution is -0.138. The molecule has 1 aromatic carbocycles. The quantitative estimate of drug-likeness (QED) is 0.511. The normalized spacial score (nSPS) is 16.2. The number of nitrogens with one attached hydrogen (secondary N) is 3. The van der Waals surface area contributed by atoms with Crippen LogP contribution in [0.5, 0.6) is 5.75 Å². The van der Waals surface area contributed by atoms with E-state index in [0.29, 0.717) is 22.6 Å². The van der Waals surface area contributed by atoms with Crippen LogP contribution in [0.15, 0.2) is 12.1 Å². The summed E-state index contributed by atoms with van der Waals surface area (Å²) in [6, 6.07) is 2.26. The maximum Gasteiger partial charge on any atom is 0.306 e. The van der Waals surface area contributed by atoms with Gasteiger partial charge in [-0.1, -0.05) is 0 Å². The molecule has 1 aliphatic heterocycles. The molecule has 1 aliphatic rings. The van der Waals surface area contributed by atoms with E-state index in [-0.39, 0.29) is 49.7 Å². The van der Waals surface area contributed by atoms with Crippen LogP contribution in [0.3, 0.4) is 0 Å². The number of aromatic amines is 1. The molecule has 3 amide bonds. The molecule has 0 saturated carbocycles. The maximum atomic E-state index is 12.7. The number of aliphatic carboxylic acids is 1. The monoisotopic (exact) mass is 410 g/mol. The molecular weight excluding hydrogens is 392 g/mol. The molecule has 11 heteroatoms. The van der Waals surface area contributed by atoms with Crippen LogP contribution in [0.1, 0.15) is 35.4 Å². The predicted octanol–water partition coefficient (Wildman–Crippen LogP) is 0.682. The summed E-state index contributed by atoms with van der Waals surface area (Å²) in [5.41, 5.74) is 1.14. The van der Waals surface area contributed by atoms with Gasteiger partial charge in [-0.3, -0.25) is 24.5 Å². The molecule has 0 bridgehead atoms. The lowest BCUT2D eigenvalue weighted by atomic mass is 10.0. The number of carboxylic acids is 1. The van der Waals surface area contributed by atoms with Crippen LogP contribution in [0.4, 0.5) is 0 Å². The van der Waals surface area contributed by atoms with Gasteiger partial charge in [0, 0.05) is 12.5 Å². The lowest BCUT2D eigenvalue weighted by Crippen LogP contribution is -2.52. The molecule has 2 aromatic rings. The van der Waals surface area contributed by atoms with Gasteiger partial charge in [0.1, 0.15) is 23.1 Å². The van der Waals surface area contributed by atoms with Crippen LogP contribution in [0.2, 0.25) is 0 Å². The molecule has 4 N–H and O–H groups in total. The Morgan fingerprint density at radius 2 is 2.11 bits per heavy atom. The summed E-state index contributed by atoms with van der Waals surface area (Å²) in [5.74, 6) is -1.56. The summed E-state index contributed by atoms with van der Waals surface area (Å²) in [7, 11) is 0. The zero-order valence-corrected chi connectivity index (χ0v) is 15.7. The van der Waals surface area contributed by atoms with Crippen molar-refractivity contribution in [2.45, 2.75) is 32.2 Å². The first-order valence-electron chi connectivity index (χ1n) is 8.33. The number of H-pyrrole nitrogens is 1. The topological polar surface area (TPSA) is 150 Å². The van der Waals surface area contributed by atoms with E-state index in [4.69, 9.17) is 9.84 Å². The second-order valence-electron chi connectivity index (χ2n) is 6.16. The van der Waals surface area contributed by atoms with E-state index in [0.717, 1.165) is 0 Å². The number of aromatic nitrogens is 2. The third-order valence-electron chi connectivity index (χ3n) is 4.05. The summed E-state index contributed by atoms with van der Waals surface area (Å²) in [4.78, 5) is 53.7. The Kier molecular flexibility index (Phi) is 6.57. The summed E-state index contributed by atoms with van der Waals surface area (Å²) in [6.07, 6.45) is 0.178. The Balaban J connectivity index is 0.00000280. The molecule has 0 radical (unpaired) electrons. The molecule has 1 atom stereocenters. The number of imidazole rings is 1. The molecule has 3 rings (SSSR count). The summed E-state index contributed by atoms with van der Waals surface area (Å²) < 4.78 is 5.42. The number of ether oxygens (including phenoxy) is 1. The van der Waals surface area contributed by atoms with E-state index in [1.54, 1.807) is 13.0 Å². The van der Waals surface area contributed by atoms with Crippen molar-refractivity contribution in [2.24, 2.45) is 0 Å². The fourth-order valence-electron chi connectivity index (χ4n) is 2.79. The van der Waals surface area contributed by atoms with Gasteiger partial charge in [0.05, 0.1) is 24.1 Å². The van der Waals surface area contributed by atoms with Crippen LogP contribution >= 0.6 is 12.4 Å². The SMILES string of the molecule is Cc1nc2c(C(=O)NC3CCC(=O)NC3=O)cc(OCCC(=O)O)cc2[nH]1.Cl. The number of amides is 3. The molecule has 1 aromatic heterocycles. The highest BCUT2D eigenvalue weighted by atomic mass is 35.5. The van der Waals surface area contributed by atoms with E-state index in [2.05, 4.69) is 20.6 Å². The number of rotatable bonds is 6. The summed E-state index contributed by atoms with van der Waals surface area (Å²) >= 11 is 0. The van der Waals surface area contributed by atoms with Crippen LogP contribution < -0.4 is 15.4 Å². The second-order valence-corrected chi connectivity index (χ2v) is 6.16. The van der Waals surface area contributed by atoms with Crippen molar-refractivity contribution < 1.29 is 29.0 Å². The van der Waals surface area contributed by atoms with Crippen LogP contribution in [0.25, 0.3) is 11.0 Å². The first-order chi connectivity index (χ1) is 12.8. The third-order valence-corrected chi connectivity index (χ3v) is 4.05. The van der Waals surface area contributed by atoms with Gasteiger partial charge in [-0.15, -0.1) is 12.4 Å². The number of halogens is 1. The van der Waals surface area contributed by atoms with Gasteiger partial charge in [0.25, 0.3) is 5.91 Å². The Hall–Kier alpha value is -3.14. The fraction of sp³-hybridized carbons (Fsp3) is 0.353. The van der Waals surface area contributed by atoms with Gasteiger partial charge < -0.3 is 20.1 Å². The van der Waals surface area contributed by atoms with Crippen molar-refractivity contribution in [3.63, 3.8) is 0 Å². The number of hydrogen-bond acceptors (Lipinski definition) is 6. The average molecular weight is 411 g/mol. The number of benzene rings is 1. The minimum atomic E-state index is -0.996. The molecule has 28 heavy (non-hydrogen) atoms. The number of fused-ring (bicyclic) bond motifs is 1. The van der Waals surface area contributed by atoms with Crippen LogP contribution in [0, 0.1) is 6.92 Å². The predicted molar refractivity (Wildman–Crippen MR) is 99.5 cm³/mol. The first kappa shape index (κ1) is 21.2. The average Bonchev–Trinajstić information content (AvgIpc) is 2.96. The fourth-order valence-corrected chi connectivity index (χ4v) is 2.79. The van der Waals surface area contributed by atoms with Crippen LogP contribution in [-0.4, -0.2) is 51.4 Å². The molecule has 1 saturated heterocycles. The number of aryl methyl sites for hydroxylation is 1. The molecular formula is C17H19ClN4O6. The van der Waals surface area contributed by atoms with Crippen molar-refractivity contribution in [3.05, 3.63) is 23.5 Å². The minimum absolute atomic E-state index is 0. The number of piperidine rings is 1. The number of carbonyl (C=O) groups excluding carboxylic acids is 3. The number of imide groups is 1. The van der Waals surface area contributed by atoms with Crippen molar-refractivity contribution in [3.8, 4) is 5.75 Å². The van der Waals surface area contributed by atoms with Crippen LogP contribution in [-0.2, 0) is 14.4 Å². The molecule has 0 aliphatic carbocycles. The number of carboxylic acid groups (broad SMARTS) is 1. The van der Waals surface area contributed by atoms with Crippen molar-refractivity contribution in [1.29, 1.82) is 0 Å². The zero-order chi connectivity index (χ0) is 19.6. The second kappa shape index (κ2) is 8.70. The summed E-state index contributed by atoms with van der Waals surface area (Å²) in [6.45, 7) is 1.68. The van der Waals surface area contributed by atoms with Crippen molar-refractivity contribution >= 4 is 47.1 Å². The van der Waals surface area contributed by atoms with Gasteiger partial charge >= 0.3 is 5.97 Å². The number of nitrogens with zero attached hydrogens (tertiary/aromatic N) is 1. The Morgan fingerprint density at radius 1 is 1.36 bits per heavy atom. The molecule has 2 heterocycles. The van der Waals surface area contributed by atoms with Crippen molar-refractivity contribution in [1.82, 2.24) is 20.6 Å². The highest BCUT2D eigenvalue weighted by Gasteiger charge is 2.29. The highest BCUT2D eigenvalue weighted by Crippen LogP contribution is 2.24. The first-order valence-corrected chi connectivity index (χ1v) is 8.33. The minimum Gasteiger partial charge on any atom is -0.493 e. The smallest absolute Gasteiger partial charge is 0.306 e. The number of carbonyl (C=O) groups is 4. The molecule has 1 fully saturated rings. The Bertz CT molecular complexity index is 941. The standard InChI is InChI=1S/C17H18N4O6.ClH/c1-8-18-12-7-9(27-5-4-14(23)24)6-10(15(12)19-8)16(25)20-11-2-3-13(22)21-17(11)26;/h6-7,11H,2-5H2,1H3,(H,18,19)(H,20,25)(H,23,24)(H,21,22,26);1H. The number of hydrogen-bond donors (Lipinski definition) is 4. The zero-order valence-electron chi connectivity index (χ0n) is 14.9. The summed E-state index contributed by atoms with van der Waals surface area (Å²) in [5, 5.41) is 13.5. The Morgan fingerprint density at radius 3 is 2.79 bits per heavy atom. The van der Waals surface area contributed by atoms with Gasteiger partial charge in [0.15, 0.2) is 0 Å². The van der Waals surface area contributed by atoms with E-state index in [1.807, 2.05) is 0 Å². The molecule has 1 unspecified atom stereocenters. The van der Waals surface area contributed by atoms with E-state index in [1.165, 1.54) is 6.07 Å². The molecule has 10 nitrogen and oxygen atoms in total. The molecule has 0 spiro atoms. The van der Waals surface area contributed by atoms with Gasteiger partial charge in [0.2, 0.25) is 11.8 Å². The third kappa shape index (κ3) is 4.77. The Labute approximate surface area is 165 Å². The van der Waals surface area contributed by atoms with E-state index in [9.17, 15) is 19.2 Å². The lowest BCUT2D eigenvalue weighted by Gasteiger charge is -2.22. The largest absolute Gasteiger partial charge is 0.493 e. The van der Waals surface area contributed by atoms with Gasteiger partial charge in [-0.05, 0) is 19.4 Å².